The Morgan fingerprint density at radius 3 is 2.45 bits per heavy atom. The van der Waals surface area contributed by atoms with Crippen LogP contribution in [-0.2, 0) is 16.0 Å². The van der Waals surface area contributed by atoms with E-state index < -0.39 is 6.04 Å². The van der Waals surface area contributed by atoms with Crippen molar-refractivity contribution in [3.8, 4) is 5.75 Å². The van der Waals surface area contributed by atoms with Gasteiger partial charge in [0.2, 0.25) is 11.8 Å². The molecule has 0 unspecified atom stereocenters. The zero-order chi connectivity index (χ0) is 26.8. The fourth-order valence-electron chi connectivity index (χ4n) is 5.01. The second-order valence-corrected chi connectivity index (χ2v) is 9.59. The van der Waals surface area contributed by atoms with Crippen molar-refractivity contribution in [3.05, 3.63) is 90.1 Å². The summed E-state index contributed by atoms with van der Waals surface area (Å²) in [5, 5.41) is 3.89. The summed E-state index contributed by atoms with van der Waals surface area (Å²) >= 11 is 0. The van der Waals surface area contributed by atoms with Crippen LogP contribution in [0.2, 0.25) is 0 Å². The van der Waals surface area contributed by atoms with E-state index in [1.54, 1.807) is 48.4 Å². The van der Waals surface area contributed by atoms with Crippen LogP contribution in [0.3, 0.4) is 0 Å². The van der Waals surface area contributed by atoms with Crippen molar-refractivity contribution in [1.29, 1.82) is 0 Å². The zero-order valence-corrected chi connectivity index (χ0v) is 21.6. The molecule has 0 bridgehead atoms. The lowest BCUT2D eigenvalue weighted by atomic mass is 10.0. The third-order valence-corrected chi connectivity index (χ3v) is 6.84. The number of ether oxygens (including phenoxy) is 1. The van der Waals surface area contributed by atoms with E-state index in [0.717, 1.165) is 16.5 Å². The van der Waals surface area contributed by atoms with Gasteiger partial charge in [-0.15, -0.1) is 0 Å². The smallest absolute Gasteiger partial charge is 0.254 e. The van der Waals surface area contributed by atoms with Gasteiger partial charge in [0.05, 0.1) is 18.4 Å². The number of benzene rings is 3. The number of hydrogen-bond donors (Lipinski definition) is 2. The van der Waals surface area contributed by atoms with Crippen molar-refractivity contribution in [3.63, 3.8) is 0 Å². The van der Waals surface area contributed by atoms with Crippen LogP contribution in [0.25, 0.3) is 10.9 Å². The van der Waals surface area contributed by atoms with Crippen LogP contribution in [0.4, 0.5) is 11.4 Å². The number of fused-ring (bicyclic) bond motifs is 2. The van der Waals surface area contributed by atoms with E-state index >= 15 is 0 Å². The molecule has 3 aromatic carbocycles. The minimum absolute atomic E-state index is 0.157. The van der Waals surface area contributed by atoms with Crippen molar-refractivity contribution in [2.75, 3.05) is 23.5 Å². The molecule has 0 saturated heterocycles. The van der Waals surface area contributed by atoms with Gasteiger partial charge >= 0.3 is 0 Å². The van der Waals surface area contributed by atoms with Crippen LogP contribution in [0.5, 0.6) is 5.75 Å². The van der Waals surface area contributed by atoms with Gasteiger partial charge in [0.1, 0.15) is 18.3 Å². The minimum atomic E-state index is -0.838. The molecule has 3 amide bonds. The largest absolute Gasteiger partial charge is 0.497 e. The summed E-state index contributed by atoms with van der Waals surface area (Å²) in [4.78, 5) is 47.2. The van der Waals surface area contributed by atoms with Crippen LogP contribution in [-0.4, -0.2) is 48.4 Å². The summed E-state index contributed by atoms with van der Waals surface area (Å²) in [5.41, 5.74) is 3.35. The van der Waals surface area contributed by atoms with E-state index in [0.29, 0.717) is 29.1 Å². The Balaban J connectivity index is 1.48. The molecule has 2 N–H and O–H groups in total. The molecule has 1 aromatic heterocycles. The molecule has 1 aliphatic rings. The number of nitrogens with zero attached hydrogens (tertiary/aromatic N) is 2. The first kappa shape index (κ1) is 25.1. The fraction of sp³-hybridized carbons (Fsp3) is 0.233. The number of carbonyl (C=O) groups excluding carboxylic acids is 3. The molecule has 38 heavy (non-hydrogen) atoms. The lowest BCUT2D eigenvalue weighted by Crippen LogP contribution is -2.51. The Morgan fingerprint density at radius 1 is 1.00 bits per heavy atom. The maximum absolute atomic E-state index is 14.0. The molecule has 0 saturated carbocycles. The minimum Gasteiger partial charge on any atom is -0.497 e. The quantitative estimate of drug-likeness (QED) is 0.388. The number of H-pyrrole nitrogens is 1. The number of methoxy groups -OCH3 is 1. The highest BCUT2D eigenvalue weighted by atomic mass is 16.5. The van der Waals surface area contributed by atoms with Gasteiger partial charge in [-0.05, 0) is 61.9 Å². The Bertz CT molecular complexity index is 1490. The summed E-state index contributed by atoms with van der Waals surface area (Å²) in [6.07, 6.45) is 2.15. The van der Waals surface area contributed by atoms with Crippen molar-refractivity contribution >= 4 is 40.0 Å². The number of nitrogens with one attached hydrogen (secondary N) is 2. The van der Waals surface area contributed by atoms with Gasteiger partial charge in [-0.2, -0.15) is 0 Å². The summed E-state index contributed by atoms with van der Waals surface area (Å²) in [6, 6.07) is 21.0. The van der Waals surface area contributed by atoms with E-state index in [-0.39, 0.29) is 30.3 Å². The summed E-state index contributed by atoms with van der Waals surface area (Å²) in [7, 11) is 1.59. The molecule has 0 radical (unpaired) electrons. The van der Waals surface area contributed by atoms with Crippen molar-refractivity contribution < 1.29 is 19.1 Å². The number of aromatic amines is 1. The maximum atomic E-state index is 14.0. The molecular weight excluding hydrogens is 480 g/mol. The highest BCUT2D eigenvalue weighted by molar-refractivity contribution is 6.13. The molecule has 0 spiro atoms. The Hall–Kier alpha value is -4.59. The third kappa shape index (κ3) is 4.72. The van der Waals surface area contributed by atoms with E-state index in [9.17, 15) is 14.4 Å². The fourth-order valence-corrected chi connectivity index (χ4v) is 5.01. The van der Waals surface area contributed by atoms with Crippen LogP contribution in [0.15, 0.2) is 79.0 Å². The predicted octanol–water partition coefficient (Wildman–Crippen LogP) is 4.31. The first-order chi connectivity index (χ1) is 18.4. The predicted molar refractivity (Wildman–Crippen MR) is 148 cm³/mol. The van der Waals surface area contributed by atoms with Gasteiger partial charge in [-0.3, -0.25) is 14.4 Å². The number of hydrogen-bond acceptors (Lipinski definition) is 4. The third-order valence-electron chi connectivity index (χ3n) is 6.84. The Morgan fingerprint density at radius 2 is 1.71 bits per heavy atom. The molecular formula is C30H30N4O4. The Labute approximate surface area is 221 Å². The van der Waals surface area contributed by atoms with Crippen LogP contribution in [0, 0.1) is 0 Å². The SMILES string of the molecule is COc1ccc(N(C(=O)CN2C(=O)[C@@H](Cc3c[nH]c4ccccc34)NC(=O)c3ccccc32)C(C)C)cc1. The standard InChI is InChI=1S/C30H30N4O4/c1-19(2)34(21-12-14-22(38-3)15-13-21)28(35)18-33-27-11-7-5-9-24(27)29(36)32-26(30(33)37)16-20-17-31-25-10-6-4-8-23(20)25/h4-15,17,19,26,31H,16,18H2,1-3H3,(H,32,36)/t26-/m1/s1. The summed E-state index contributed by atoms with van der Waals surface area (Å²) in [5.74, 6) is -0.246. The van der Waals surface area contributed by atoms with E-state index in [4.69, 9.17) is 4.74 Å². The van der Waals surface area contributed by atoms with Crippen molar-refractivity contribution in [2.24, 2.45) is 0 Å². The number of amides is 3. The number of carbonyl (C=O) groups is 3. The molecule has 0 fully saturated rings. The first-order valence-electron chi connectivity index (χ1n) is 12.6. The van der Waals surface area contributed by atoms with Crippen LogP contribution in [0.1, 0.15) is 29.8 Å². The second-order valence-electron chi connectivity index (χ2n) is 9.59. The Kier molecular flexibility index (Phi) is 6.87. The summed E-state index contributed by atoms with van der Waals surface area (Å²) in [6.45, 7) is 3.63. The molecule has 1 atom stereocenters. The van der Waals surface area contributed by atoms with Crippen molar-refractivity contribution in [1.82, 2.24) is 10.3 Å². The number of rotatable bonds is 7. The van der Waals surface area contributed by atoms with Gasteiger partial charge in [0.15, 0.2) is 0 Å². The molecule has 0 aliphatic carbocycles. The molecule has 8 nitrogen and oxygen atoms in total. The van der Waals surface area contributed by atoms with Gasteiger partial charge in [-0.25, -0.2) is 0 Å². The first-order valence-corrected chi connectivity index (χ1v) is 12.6. The molecule has 8 heteroatoms. The van der Waals surface area contributed by atoms with Crippen molar-refractivity contribution in [2.45, 2.75) is 32.4 Å². The average molecular weight is 511 g/mol. The van der Waals surface area contributed by atoms with Gasteiger partial charge in [0.25, 0.3) is 5.91 Å². The molecule has 1 aliphatic heterocycles. The van der Waals surface area contributed by atoms with Gasteiger partial charge in [-0.1, -0.05) is 30.3 Å². The van der Waals surface area contributed by atoms with E-state index in [1.165, 1.54) is 4.90 Å². The van der Waals surface area contributed by atoms with Gasteiger partial charge < -0.3 is 24.8 Å². The zero-order valence-electron chi connectivity index (χ0n) is 21.6. The highest BCUT2D eigenvalue weighted by Gasteiger charge is 2.36. The van der Waals surface area contributed by atoms with Gasteiger partial charge in [0, 0.05) is 35.2 Å². The van der Waals surface area contributed by atoms with E-state index in [1.807, 2.05) is 56.4 Å². The normalized spacial score (nSPS) is 15.3. The second kappa shape index (κ2) is 10.4. The lowest BCUT2D eigenvalue weighted by Gasteiger charge is -2.31. The molecule has 5 rings (SSSR count). The monoisotopic (exact) mass is 510 g/mol. The highest BCUT2D eigenvalue weighted by Crippen LogP contribution is 2.28. The molecule has 4 aromatic rings. The molecule has 194 valence electrons. The van der Waals surface area contributed by atoms with Crippen LogP contribution < -0.4 is 19.9 Å². The average Bonchev–Trinajstić information content (AvgIpc) is 3.30. The summed E-state index contributed by atoms with van der Waals surface area (Å²) < 4.78 is 5.25. The van der Waals surface area contributed by atoms with Crippen LogP contribution >= 0.6 is 0 Å². The number of anilines is 2. The lowest BCUT2D eigenvalue weighted by molar-refractivity contribution is -0.123. The number of aromatic nitrogens is 1. The van der Waals surface area contributed by atoms with E-state index in [2.05, 4.69) is 10.3 Å². The number of para-hydroxylation sites is 2. The molecule has 2 heterocycles. The maximum Gasteiger partial charge on any atom is 0.254 e. The topological polar surface area (TPSA) is 94.7 Å².